The number of carbonyl (C=O) groups is 2. The van der Waals surface area contributed by atoms with E-state index in [1.807, 2.05) is 32.2 Å². The van der Waals surface area contributed by atoms with Crippen LogP contribution in [0.15, 0.2) is 30.3 Å². The second kappa shape index (κ2) is 11.3. The SMILES string of the molecule is Cc1cc(C(F)(F)F)cc(N2C(=O)CCC2C(=O)N(C)c2cccc(C)c2N(C)CCCCCN)n1. The summed E-state index contributed by atoms with van der Waals surface area (Å²) in [5, 5.41) is 0. The molecule has 2 amide bonds. The van der Waals surface area contributed by atoms with E-state index in [0.717, 1.165) is 54.1 Å². The van der Waals surface area contributed by atoms with Crippen LogP contribution in [0.3, 0.4) is 0 Å². The second-order valence-electron chi connectivity index (χ2n) is 9.28. The number of rotatable bonds is 9. The minimum atomic E-state index is -4.59. The van der Waals surface area contributed by atoms with Crippen molar-refractivity contribution in [3.63, 3.8) is 0 Å². The smallest absolute Gasteiger partial charge is 0.373 e. The molecule has 0 bridgehead atoms. The third-order valence-corrected chi connectivity index (χ3v) is 6.50. The van der Waals surface area contributed by atoms with Crippen LogP contribution in [0.25, 0.3) is 0 Å². The van der Waals surface area contributed by atoms with Crippen LogP contribution >= 0.6 is 0 Å². The lowest BCUT2D eigenvalue weighted by atomic mass is 10.1. The van der Waals surface area contributed by atoms with Crippen LogP contribution in [-0.4, -0.2) is 50.0 Å². The lowest BCUT2D eigenvalue weighted by molar-refractivity contribution is -0.137. The Morgan fingerprint density at radius 1 is 1.17 bits per heavy atom. The number of pyridine rings is 1. The van der Waals surface area contributed by atoms with Crippen molar-refractivity contribution in [2.24, 2.45) is 5.73 Å². The number of hydrogen-bond acceptors (Lipinski definition) is 5. The lowest BCUT2D eigenvalue weighted by Crippen LogP contribution is -2.46. The van der Waals surface area contributed by atoms with Gasteiger partial charge in [0.25, 0.3) is 0 Å². The molecule has 2 heterocycles. The summed E-state index contributed by atoms with van der Waals surface area (Å²) in [5.74, 6) is -0.950. The fourth-order valence-electron chi connectivity index (χ4n) is 4.68. The van der Waals surface area contributed by atoms with Crippen LogP contribution in [0, 0.1) is 13.8 Å². The van der Waals surface area contributed by atoms with Gasteiger partial charge in [-0.05, 0) is 63.4 Å². The largest absolute Gasteiger partial charge is 0.416 e. The number of halogens is 3. The van der Waals surface area contributed by atoms with Gasteiger partial charge in [-0.15, -0.1) is 0 Å². The van der Waals surface area contributed by atoms with E-state index in [-0.39, 0.29) is 30.3 Å². The van der Waals surface area contributed by atoms with E-state index < -0.39 is 23.7 Å². The lowest BCUT2D eigenvalue weighted by Gasteiger charge is -2.32. The van der Waals surface area contributed by atoms with Gasteiger partial charge in [0.15, 0.2) is 0 Å². The Morgan fingerprint density at radius 2 is 1.89 bits per heavy atom. The molecule has 1 unspecified atom stereocenters. The second-order valence-corrected chi connectivity index (χ2v) is 9.28. The standard InChI is InChI=1S/C26H34F3N5O2/c1-17-9-8-10-20(24(17)32(3)14-7-5-6-13-30)33(4)25(36)21-11-12-23(35)34(21)22-16-19(26(27,28)29)15-18(2)31-22/h8-10,15-16,21H,5-7,11-14,30H2,1-4H3. The van der Waals surface area contributed by atoms with Crippen molar-refractivity contribution in [1.82, 2.24) is 4.98 Å². The summed E-state index contributed by atoms with van der Waals surface area (Å²) < 4.78 is 40.2. The molecule has 1 atom stereocenters. The van der Waals surface area contributed by atoms with Gasteiger partial charge < -0.3 is 15.5 Å². The van der Waals surface area contributed by atoms with Crippen molar-refractivity contribution in [3.8, 4) is 0 Å². The predicted molar refractivity (Wildman–Crippen MR) is 135 cm³/mol. The number of aromatic nitrogens is 1. The molecule has 0 saturated carbocycles. The number of benzene rings is 1. The molecule has 1 aliphatic rings. The van der Waals surface area contributed by atoms with Gasteiger partial charge in [0.1, 0.15) is 11.9 Å². The molecule has 2 N–H and O–H groups in total. The minimum Gasteiger partial charge on any atom is -0.373 e. The molecule has 7 nitrogen and oxygen atoms in total. The molecular weight excluding hydrogens is 471 g/mol. The van der Waals surface area contributed by atoms with Crippen molar-refractivity contribution in [2.75, 3.05) is 41.9 Å². The quantitative estimate of drug-likeness (QED) is 0.510. The molecule has 1 aromatic heterocycles. The molecule has 1 aliphatic heterocycles. The van der Waals surface area contributed by atoms with E-state index in [0.29, 0.717) is 12.2 Å². The Morgan fingerprint density at radius 3 is 2.56 bits per heavy atom. The van der Waals surface area contributed by atoms with E-state index in [1.54, 1.807) is 7.05 Å². The van der Waals surface area contributed by atoms with Crippen molar-refractivity contribution in [3.05, 3.63) is 47.2 Å². The summed E-state index contributed by atoms with van der Waals surface area (Å²) in [6, 6.07) is 6.48. The number of likely N-dealkylation sites (N-methyl/N-ethyl adjacent to an activating group) is 1. The number of alkyl halides is 3. The number of nitrogens with two attached hydrogens (primary N) is 1. The molecule has 0 spiro atoms. The molecule has 196 valence electrons. The average Bonchev–Trinajstić information content (AvgIpc) is 3.20. The van der Waals surface area contributed by atoms with Crippen LogP contribution in [-0.2, 0) is 15.8 Å². The first kappa shape index (κ1) is 27.4. The van der Waals surface area contributed by atoms with Gasteiger partial charge in [0.2, 0.25) is 11.8 Å². The summed E-state index contributed by atoms with van der Waals surface area (Å²) in [7, 11) is 3.60. The third kappa shape index (κ3) is 5.98. The van der Waals surface area contributed by atoms with Crippen LogP contribution < -0.4 is 20.4 Å². The molecule has 1 fully saturated rings. The topological polar surface area (TPSA) is 82.8 Å². The zero-order valence-corrected chi connectivity index (χ0v) is 21.2. The van der Waals surface area contributed by atoms with E-state index in [1.165, 1.54) is 11.8 Å². The normalized spacial score (nSPS) is 15.9. The molecule has 2 aromatic rings. The number of unbranched alkanes of at least 4 members (excludes halogenated alkanes) is 2. The van der Waals surface area contributed by atoms with Gasteiger partial charge >= 0.3 is 6.18 Å². The Kier molecular flexibility index (Phi) is 8.60. The molecule has 1 aromatic carbocycles. The van der Waals surface area contributed by atoms with Gasteiger partial charge in [0, 0.05) is 32.8 Å². The highest BCUT2D eigenvalue weighted by molar-refractivity contribution is 6.09. The summed E-state index contributed by atoms with van der Waals surface area (Å²) in [6.45, 7) is 4.83. The number of amides is 2. The average molecular weight is 506 g/mol. The Labute approximate surface area is 210 Å². The predicted octanol–water partition coefficient (Wildman–Crippen LogP) is 4.44. The highest BCUT2D eigenvalue weighted by Crippen LogP contribution is 2.36. The van der Waals surface area contributed by atoms with E-state index >= 15 is 0 Å². The van der Waals surface area contributed by atoms with Crippen LogP contribution in [0.4, 0.5) is 30.4 Å². The summed E-state index contributed by atoms with van der Waals surface area (Å²) in [5.41, 5.74) is 7.37. The van der Waals surface area contributed by atoms with Gasteiger partial charge in [-0.25, -0.2) is 4.98 Å². The molecule has 10 heteroatoms. The van der Waals surface area contributed by atoms with Gasteiger partial charge in [-0.1, -0.05) is 18.6 Å². The van der Waals surface area contributed by atoms with Gasteiger partial charge in [-0.2, -0.15) is 13.2 Å². The highest BCUT2D eigenvalue weighted by atomic mass is 19.4. The molecule has 1 saturated heterocycles. The maximum atomic E-state index is 13.7. The highest BCUT2D eigenvalue weighted by Gasteiger charge is 2.41. The van der Waals surface area contributed by atoms with Crippen LogP contribution in [0.2, 0.25) is 0 Å². The molecular formula is C26H34F3N5O2. The van der Waals surface area contributed by atoms with E-state index in [2.05, 4.69) is 9.88 Å². The molecule has 36 heavy (non-hydrogen) atoms. The van der Waals surface area contributed by atoms with Crippen LogP contribution in [0.5, 0.6) is 0 Å². The maximum Gasteiger partial charge on any atom is 0.416 e. The Bertz CT molecular complexity index is 1110. The number of carbonyl (C=O) groups excluding carboxylic acids is 2. The Hall–Kier alpha value is -3.14. The third-order valence-electron chi connectivity index (χ3n) is 6.50. The van der Waals surface area contributed by atoms with Gasteiger partial charge in [-0.3, -0.25) is 14.5 Å². The Balaban J connectivity index is 1.91. The zero-order chi connectivity index (χ0) is 26.6. The zero-order valence-electron chi connectivity index (χ0n) is 21.2. The van der Waals surface area contributed by atoms with Gasteiger partial charge in [0.05, 0.1) is 16.9 Å². The first-order chi connectivity index (χ1) is 17.0. The molecule has 0 aliphatic carbocycles. The fraction of sp³-hybridized carbons (Fsp3) is 0.500. The molecule has 3 rings (SSSR count). The van der Waals surface area contributed by atoms with Crippen molar-refractivity contribution >= 4 is 29.0 Å². The van der Waals surface area contributed by atoms with Crippen molar-refractivity contribution in [1.29, 1.82) is 0 Å². The maximum absolute atomic E-state index is 13.7. The van der Waals surface area contributed by atoms with E-state index in [4.69, 9.17) is 5.73 Å². The first-order valence-corrected chi connectivity index (χ1v) is 12.1. The van der Waals surface area contributed by atoms with Crippen LogP contribution in [0.1, 0.15) is 48.9 Å². The number of para-hydroxylation sites is 1. The summed E-state index contributed by atoms with van der Waals surface area (Å²) in [4.78, 5) is 35.3. The van der Waals surface area contributed by atoms with Crippen molar-refractivity contribution < 1.29 is 22.8 Å². The van der Waals surface area contributed by atoms with Crippen molar-refractivity contribution in [2.45, 2.75) is 58.2 Å². The number of nitrogens with zero attached hydrogens (tertiary/aromatic N) is 4. The number of aryl methyl sites for hydroxylation is 2. The van der Waals surface area contributed by atoms with E-state index in [9.17, 15) is 22.8 Å². The molecule has 0 radical (unpaired) electrons. The summed E-state index contributed by atoms with van der Waals surface area (Å²) in [6.07, 6.45) is -1.43. The first-order valence-electron chi connectivity index (χ1n) is 12.1. The minimum absolute atomic E-state index is 0.0585. The fourth-order valence-corrected chi connectivity index (χ4v) is 4.68. The monoisotopic (exact) mass is 505 g/mol. The number of hydrogen-bond donors (Lipinski definition) is 1. The summed E-state index contributed by atoms with van der Waals surface area (Å²) >= 11 is 0. The number of anilines is 3.